The molecule has 2 aliphatic rings. The summed E-state index contributed by atoms with van der Waals surface area (Å²) >= 11 is 12.4. The van der Waals surface area contributed by atoms with Gasteiger partial charge in [0.05, 0.1) is 48.7 Å². The van der Waals surface area contributed by atoms with Crippen LogP contribution in [-0.2, 0) is 14.4 Å². The topological polar surface area (TPSA) is 105 Å². The number of halogens is 5. The van der Waals surface area contributed by atoms with Gasteiger partial charge in [0.15, 0.2) is 0 Å². The van der Waals surface area contributed by atoms with Crippen LogP contribution in [0.3, 0.4) is 0 Å². The van der Waals surface area contributed by atoms with E-state index in [2.05, 4.69) is 126 Å². The van der Waals surface area contributed by atoms with Crippen LogP contribution in [0.5, 0.6) is 0 Å². The number of carbonyl (C=O) groups is 4. The summed E-state index contributed by atoms with van der Waals surface area (Å²) < 4.78 is 19.6. The van der Waals surface area contributed by atoms with E-state index in [1.165, 1.54) is 0 Å². The summed E-state index contributed by atoms with van der Waals surface area (Å²) in [6.45, 7) is 8.11. The summed E-state index contributed by atoms with van der Waals surface area (Å²) in [4.78, 5) is 49.8. The molecule has 8 nitrogen and oxygen atoms in total. The summed E-state index contributed by atoms with van der Waals surface area (Å²) in [5.74, 6) is -1.63. The van der Waals surface area contributed by atoms with Crippen LogP contribution in [0.2, 0.25) is 0 Å². The number of esters is 4. The number of benzene rings is 4. The Labute approximate surface area is 403 Å². The van der Waals surface area contributed by atoms with Gasteiger partial charge >= 0.3 is 121 Å². The Hall–Kier alpha value is -2.12. The second-order valence-electron chi connectivity index (χ2n) is 12.3. The molecule has 59 heavy (non-hydrogen) atoms. The Morgan fingerprint density at radius 1 is 0.407 bits per heavy atom. The molecule has 0 spiro atoms. The molecule has 314 valence electrons. The number of ether oxygens (including phenoxy) is 4. The normalized spacial score (nSPS) is 13.4. The molecule has 0 bridgehead atoms. The van der Waals surface area contributed by atoms with E-state index in [0.717, 1.165) is 51.0 Å². The maximum atomic E-state index is 12.4. The average Bonchev–Trinajstić information content (AvgIpc) is 3.79. The number of carbonyl (C=O) groups excluding carboxylic acids is 4. The zero-order chi connectivity index (χ0) is 43.2. The molecule has 0 atom stereocenters. The molecular formula is C45H42CoI5O8. The van der Waals surface area contributed by atoms with E-state index in [1.54, 1.807) is 76.2 Å². The molecule has 0 N–H and O–H groups in total. The standard InChI is InChI=1S/C40H36O8.C5H6.Co.5HI/c1-5-45-37(41)29-17-9-25(10-18-29)33-34(26-11-19-30(20-12-26)38(42)46-6-2)36(28-15-23-32(24-16-28)40(44)48-8-4)35(33)27-13-21-31(22-14-27)39(43)47-7-3;1-2-4-5-3-1;;;;;;/h9-24H,5-8H2,1-4H3;1-4H,5H2;;5*1H/q;;+5;;;;;/p-5. The molecule has 0 saturated carbocycles. The van der Waals surface area contributed by atoms with Crippen LogP contribution >= 0.6 is 102 Å². The van der Waals surface area contributed by atoms with E-state index >= 15 is 0 Å². The molecule has 0 radical (unpaired) electrons. The van der Waals surface area contributed by atoms with Crippen LogP contribution in [0.1, 0.15) is 97.8 Å². The summed E-state index contributed by atoms with van der Waals surface area (Å²) in [5.41, 5.74) is 8.75. The second-order valence-corrected chi connectivity index (χ2v) is 100. The molecule has 0 saturated heterocycles. The van der Waals surface area contributed by atoms with E-state index in [4.69, 9.17) is 18.9 Å². The van der Waals surface area contributed by atoms with Gasteiger partial charge in [-0.3, -0.25) is 0 Å². The minimum atomic E-state index is -1.19. The van der Waals surface area contributed by atoms with E-state index < -0.39 is 19.4 Å². The summed E-state index contributed by atoms with van der Waals surface area (Å²) in [7, 11) is 0. The SMILES string of the molecule is C1=CCC=C1.CCOC(=O)c1ccc(C2=C(c3ccc(C(=O)OCC)cc3)C(c3ccc(C(=O)OCC)cc3)=C2c2ccc(C(=O)OCC)cc2)cc1.[I][Co]([I])([I])([I])[I]. The van der Waals surface area contributed by atoms with Gasteiger partial charge in [-0.05, 0) is 127 Å². The van der Waals surface area contributed by atoms with Crippen molar-refractivity contribution in [3.8, 4) is 0 Å². The van der Waals surface area contributed by atoms with Crippen LogP contribution in [0.15, 0.2) is 121 Å². The molecule has 0 heterocycles. The molecule has 0 unspecified atom stereocenters. The molecule has 0 fully saturated rings. The van der Waals surface area contributed by atoms with Gasteiger partial charge in [-0.2, -0.15) is 0 Å². The first kappa shape index (κ1) is 49.5. The molecule has 4 aromatic rings. The van der Waals surface area contributed by atoms with Crippen molar-refractivity contribution in [3.63, 3.8) is 0 Å². The van der Waals surface area contributed by atoms with Crippen LogP contribution in [-0.4, -0.2) is 50.3 Å². The maximum absolute atomic E-state index is 12.4. The predicted molar refractivity (Wildman–Crippen MR) is 276 cm³/mol. The Bertz CT molecular complexity index is 1930. The Morgan fingerprint density at radius 3 is 0.729 bits per heavy atom. The van der Waals surface area contributed by atoms with Crippen LogP contribution < -0.4 is 0 Å². The van der Waals surface area contributed by atoms with Crippen molar-refractivity contribution in [1.82, 2.24) is 0 Å². The second kappa shape index (κ2) is 23.4. The number of hydrogen-bond acceptors (Lipinski definition) is 8. The van der Waals surface area contributed by atoms with Gasteiger partial charge in [0.25, 0.3) is 0 Å². The molecule has 0 amide bonds. The number of hydrogen-bond donors (Lipinski definition) is 0. The average molecular weight is 1400 g/mol. The molecule has 2 aliphatic carbocycles. The number of rotatable bonds is 12. The third-order valence-electron chi connectivity index (χ3n) is 8.39. The van der Waals surface area contributed by atoms with Crippen molar-refractivity contribution in [2.24, 2.45) is 0 Å². The van der Waals surface area contributed by atoms with Gasteiger partial charge in [-0.25, -0.2) is 19.2 Å². The van der Waals surface area contributed by atoms with Crippen molar-refractivity contribution >= 4 is 148 Å². The van der Waals surface area contributed by atoms with Gasteiger partial charge in [0.1, 0.15) is 0 Å². The molecular weight excluding hydrogens is 1360 g/mol. The van der Waals surface area contributed by atoms with Gasteiger partial charge < -0.3 is 18.9 Å². The third-order valence-corrected chi connectivity index (χ3v) is 8.39. The molecule has 0 aromatic heterocycles. The van der Waals surface area contributed by atoms with E-state index in [0.29, 0.717) is 22.3 Å². The molecule has 0 aliphatic heterocycles. The number of allylic oxidation sites excluding steroid dienone is 8. The Balaban J connectivity index is 0.000000609. The minimum absolute atomic E-state index is 0.269. The quantitative estimate of drug-likeness (QED) is 0.0785. The first-order valence-electron chi connectivity index (χ1n) is 18.3. The monoisotopic (exact) mass is 1400 g/mol. The van der Waals surface area contributed by atoms with Crippen LogP contribution in [0.4, 0.5) is 0 Å². The fourth-order valence-corrected chi connectivity index (χ4v) is 5.93. The van der Waals surface area contributed by atoms with E-state index in [1.807, 2.05) is 48.5 Å². The van der Waals surface area contributed by atoms with Crippen molar-refractivity contribution in [2.45, 2.75) is 34.1 Å². The van der Waals surface area contributed by atoms with Gasteiger partial charge in [-0.1, -0.05) is 72.8 Å². The van der Waals surface area contributed by atoms with Crippen molar-refractivity contribution < 1.29 is 33.6 Å². The fraction of sp³-hybridized carbons (Fsp3) is 0.200. The summed E-state index contributed by atoms with van der Waals surface area (Å²) in [6, 6.07) is 28.9. The van der Waals surface area contributed by atoms with E-state index in [9.17, 15) is 19.2 Å². The fourth-order valence-electron chi connectivity index (χ4n) is 5.93. The van der Waals surface area contributed by atoms with Crippen LogP contribution in [0, 0.1) is 0 Å². The first-order valence-corrected chi connectivity index (χ1v) is 35.1. The molecule has 4 aromatic carbocycles. The van der Waals surface area contributed by atoms with E-state index in [-0.39, 0.29) is 26.4 Å². The van der Waals surface area contributed by atoms with Crippen molar-refractivity contribution in [1.29, 1.82) is 0 Å². The summed E-state index contributed by atoms with van der Waals surface area (Å²) in [5, 5.41) is 0. The predicted octanol–water partition coefficient (Wildman–Crippen LogP) is 13.9. The van der Waals surface area contributed by atoms with Crippen molar-refractivity contribution in [3.05, 3.63) is 166 Å². The Morgan fingerprint density at radius 2 is 0.593 bits per heavy atom. The van der Waals surface area contributed by atoms with Crippen LogP contribution in [0.25, 0.3) is 22.3 Å². The summed E-state index contributed by atoms with van der Waals surface area (Å²) in [6.07, 6.45) is 9.50. The molecule has 14 heteroatoms. The third kappa shape index (κ3) is 15.3. The zero-order valence-corrected chi connectivity index (χ0v) is 44.4. The Kier molecular flexibility index (Phi) is 19.6. The van der Waals surface area contributed by atoms with Crippen molar-refractivity contribution in [2.75, 3.05) is 26.4 Å². The molecule has 6 rings (SSSR count). The van der Waals surface area contributed by atoms with Gasteiger partial charge in [0, 0.05) is 0 Å². The van der Waals surface area contributed by atoms with Gasteiger partial charge in [-0.15, -0.1) is 0 Å². The van der Waals surface area contributed by atoms with Gasteiger partial charge in [0.2, 0.25) is 0 Å². The first-order chi connectivity index (χ1) is 28.0. The zero-order valence-electron chi connectivity index (χ0n) is 32.6.